The van der Waals surface area contributed by atoms with Crippen molar-refractivity contribution >= 4 is 34.0 Å². The number of fused-ring (bicyclic) bond motifs is 1. The van der Waals surface area contributed by atoms with Gasteiger partial charge in [-0.05, 0) is 48.4 Å². The molecule has 1 aliphatic heterocycles. The average molecular weight is 371 g/mol. The van der Waals surface area contributed by atoms with Crippen LogP contribution in [0.15, 0.2) is 48.7 Å². The lowest BCUT2D eigenvalue weighted by molar-refractivity contribution is 0.0770. The summed E-state index contributed by atoms with van der Waals surface area (Å²) in [5.74, 6) is -0.601. The van der Waals surface area contributed by atoms with Gasteiger partial charge in [-0.25, -0.2) is 4.39 Å². The molecule has 0 saturated heterocycles. The topological polar surface area (TPSA) is 56.3 Å². The van der Waals surface area contributed by atoms with Crippen LogP contribution in [0.25, 0.3) is 16.5 Å². The van der Waals surface area contributed by atoms with Gasteiger partial charge in [-0.3, -0.25) is 4.79 Å². The van der Waals surface area contributed by atoms with E-state index in [0.29, 0.717) is 24.5 Å². The third-order valence-corrected chi connectivity index (χ3v) is 4.91. The number of aromatic nitrogens is 1. The number of carbonyl (C=O) groups is 1. The fourth-order valence-corrected chi connectivity index (χ4v) is 3.48. The van der Waals surface area contributed by atoms with Gasteiger partial charge in [0.1, 0.15) is 11.6 Å². The lowest BCUT2D eigenvalue weighted by atomic mass is 9.98. The van der Waals surface area contributed by atoms with Crippen molar-refractivity contribution in [1.29, 1.82) is 0 Å². The van der Waals surface area contributed by atoms with Gasteiger partial charge in [0.15, 0.2) is 0 Å². The first kappa shape index (κ1) is 16.7. The third kappa shape index (κ3) is 2.95. The van der Waals surface area contributed by atoms with Crippen LogP contribution < -0.4 is 0 Å². The smallest absolute Gasteiger partial charge is 0.257 e. The molecule has 3 aromatic rings. The first-order valence-corrected chi connectivity index (χ1v) is 8.64. The normalized spacial score (nSPS) is 14.5. The van der Waals surface area contributed by atoms with E-state index in [1.54, 1.807) is 17.0 Å². The van der Waals surface area contributed by atoms with Crippen molar-refractivity contribution in [3.63, 3.8) is 0 Å². The second-order valence-electron chi connectivity index (χ2n) is 6.28. The Labute approximate surface area is 154 Å². The van der Waals surface area contributed by atoms with Crippen LogP contribution in [-0.2, 0) is 0 Å². The van der Waals surface area contributed by atoms with Crippen molar-refractivity contribution in [1.82, 2.24) is 9.88 Å². The van der Waals surface area contributed by atoms with E-state index < -0.39 is 0 Å². The number of hydrogen-bond acceptors (Lipinski definition) is 2. The van der Waals surface area contributed by atoms with E-state index in [4.69, 9.17) is 11.6 Å². The van der Waals surface area contributed by atoms with Crippen molar-refractivity contribution in [2.75, 3.05) is 13.1 Å². The van der Waals surface area contributed by atoms with Gasteiger partial charge in [0.05, 0.1) is 5.56 Å². The predicted octanol–water partition coefficient (Wildman–Crippen LogP) is 4.60. The van der Waals surface area contributed by atoms with Crippen molar-refractivity contribution in [2.24, 2.45) is 0 Å². The van der Waals surface area contributed by atoms with Gasteiger partial charge in [-0.15, -0.1) is 0 Å². The molecule has 0 radical (unpaired) electrons. The minimum Gasteiger partial charge on any atom is -0.507 e. The fraction of sp³-hybridized carbons (Fsp3) is 0.150. The molecular formula is C20H16ClFN2O2. The number of hydrogen-bond donors (Lipinski definition) is 2. The fourth-order valence-electron chi connectivity index (χ4n) is 3.31. The highest BCUT2D eigenvalue weighted by Gasteiger charge is 2.22. The first-order valence-electron chi connectivity index (χ1n) is 8.27. The Kier molecular flexibility index (Phi) is 4.17. The highest BCUT2D eigenvalue weighted by atomic mass is 35.5. The van der Waals surface area contributed by atoms with Crippen LogP contribution in [0.4, 0.5) is 4.39 Å². The van der Waals surface area contributed by atoms with Gasteiger partial charge >= 0.3 is 0 Å². The summed E-state index contributed by atoms with van der Waals surface area (Å²) in [6.45, 7) is 0.971. The highest BCUT2D eigenvalue weighted by molar-refractivity contribution is 6.31. The molecule has 4 nitrogen and oxygen atoms in total. The minimum absolute atomic E-state index is 0.0761. The summed E-state index contributed by atoms with van der Waals surface area (Å²) in [6, 6.07) is 9.12. The molecule has 26 heavy (non-hydrogen) atoms. The molecule has 1 amide bonds. The Balaban J connectivity index is 1.58. The van der Waals surface area contributed by atoms with Crippen molar-refractivity contribution in [3.8, 4) is 5.75 Å². The van der Waals surface area contributed by atoms with E-state index in [2.05, 4.69) is 4.98 Å². The molecule has 132 valence electrons. The number of phenolic OH excluding ortho intramolecular Hbond substituents is 1. The maximum Gasteiger partial charge on any atom is 0.257 e. The number of nitrogens with zero attached hydrogens (tertiary/aromatic N) is 1. The second-order valence-corrected chi connectivity index (χ2v) is 6.72. The molecule has 0 bridgehead atoms. The quantitative estimate of drug-likeness (QED) is 0.693. The summed E-state index contributed by atoms with van der Waals surface area (Å²) in [5, 5.41) is 11.3. The second kappa shape index (κ2) is 6.50. The van der Waals surface area contributed by atoms with Gasteiger partial charge < -0.3 is 15.0 Å². The molecular weight excluding hydrogens is 355 g/mol. The zero-order valence-electron chi connectivity index (χ0n) is 13.8. The van der Waals surface area contributed by atoms with E-state index in [1.165, 1.54) is 24.3 Å². The van der Waals surface area contributed by atoms with E-state index in [-0.39, 0.29) is 23.0 Å². The summed E-state index contributed by atoms with van der Waals surface area (Å²) in [5.41, 5.74) is 3.10. The lowest BCUT2D eigenvalue weighted by Crippen LogP contribution is -2.34. The zero-order valence-corrected chi connectivity index (χ0v) is 14.6. The molecule has 1 aromatic heterocycles. The molecule has 6 heteroatoms. The van der Waals surface area contributed by atoms with Crippen molar-refractivity contribution < 1.29 is 14.3 Å². The molecule has 1 aliphatic rings. The Morgan fingerprint density at radius 2 is 2.08 bits per heavy atom. The number of carbonyl (C=O) groups excluding carboxylic acids is 1. The predicted molar refractivity (Wildman–Crippen MR) is 99.9 cm³/mol. The molecule has 2 N–H and O–H groups in total. The number of amides is 1. The number of rotatable bonds is 2. The Hall–Kier alpha value is -2.79. The largest absolute Gasteiger partial charge is 0.507 e. The number of halogens is 2. The summed E-state index contributed by atoms with van der Waals surface area (Å²) in [4.78, 5) is 17.4. The Morgan fingerprint density at radius 3 is 2.85 bits per heavy atom. The maximum atomic E-state index is 13.3. The van der Waals surface area contributed by atoms with E-state index in [0.717, 1.165) is 22.0 Å². The van der Waals surface area contributed by atoms with E-state index >= 15 is 0 Å². The lowest BCUT2D eigenvalue weighted by Gasteiger charge is -2.27. The molecule has 0 atom stereocenters. The van der Waals surface area contributed by atoms with Crippen molar-refractivity contribution in [3.05, 3.63) is 70.6 Å². The third-order valence-electron chi connectivity index (χ3n) is 4.68. The number of H-pyrrole nitrogens is 1. The van der Waals surface area contributed by atoms with Gasteiger partial charge in [0, 0.05) is 40.8 Å². The van der Waals surface area contributed by atoms with Crippen LogP contribution in [0.5, 0.6) is 5.75 Å². The van der Waals surface area contributed by atoms with Gasteiger partial charge in [-0.2, -0.15) is 0 Å². The van der Waals surface area contributed by atoms with Crippen LogP contribution >= 0.6 is 11.6 Å². The zero-order chi connectivity index (χ0) is 18.3. The van der Waals surface area contributed by atoms with Crippen LogP contribution in [0, 0.1) is 5.82 Å². The van der Waals surface area contributed by atoms with Crippen LogP contribution in [-0.4, -0.2) is 34.0 Å². The molecule has 0 fully saturated rings. The molecule has 2 heterocycles. The van der Waals surface area contributed by atoms with E-state index in [9.17, 15) is 14.3 Å². The van der Waals surface area contributed by atoms with Crippen LogP contribution in [0.3, 0.4) is 0 Å². The number of aromatic hydroxyl groups is 1. The monoisotopic (exact) mass is 370 g/mol. The summed E-state index contributed by atoms with van der Waals surface area (Å²) in [6.07, 6.45) is 4.54. The van der Waals surface area contributed by atoms with E-state index in [1.807, 2.05) is 12.3 Å². The molecule has 4 rings (SSSR count). The summed E-state index contributed by atoms with van der Waals surface area (Å²) in [7, 11) is 0. The first-order chi connectivity index (χ1) is 12.5. The summed E-state index contributed by atoms with van der Waals surface area (Å²) < 4.78 is 13.3. The SMILES string of the molecule is O=C(c1cc(Cl)ccc1O)N1CC=C(c2c[nH]c3cc(F)ccc23)CC1. The highest BCUT2D eigenvalue weighted by Crippen LogP contribution is 2.31. The number of nitrogens with one attached hydrogen (secondary N) is 1. The van der Waals surface area contributed by atoms with Gasteiger partial charge in [0.2, 0.25) is 0 Å². The summed E-state index contributed by atoms with van der Waals surface area (Å²) >= 11 is 5.93. The molecule has 0 aliphatic carbocycles. The Bertz CT molecular complexity index is 1040. The molecule has 0 spiro atoms. The molecule has 2 aromatic carbocycles. The van der Waals surface area contributed by atoms with Crippen LogP contribution in [0.1, 0.15) is 22.3 Å². The molecule has 0 unspecified atom stereocenters. The van der Waals surface area contributed by atoms with Gasteiger partial charge in [0.25, 0.3) is 5.91 Å². The Morgan fingerprint density at radius 1 is 1.23 bits per heavy atom. The number of phenols is 1. The standard InChI is InChI=1S/C20H16ClFN2O2/c21-13-1-4-19(25)16(9-13)20(26)24-7-5-12(6-8-24)17-11-23-18-10-14(22)2-3-15(17)18/h1-5,9-11,23,25H,6-8H2. The molecule has 0 saturated carbocycles. The number of benzene rings is 2. The van der Waals surface area contributed by atoms with Crippen LogP contribution in [0.2, 0.25) is 5.02 Å². The maximum absolute atomic E-state index is 13.3. The number of aromatic amines is 1. The van der Waals surface area contributed by atoms with Crippen molar-refractivity contribution in [2.45, 2.75) is 6.42 Å². The minimum atomic E-state index is -0.276. The average Bonchev–Trinajstić information content (AvgIpc) is 3.06. The van der Waals surface area contributed by atoms with Gasteiger partial charge in [-0.1, -0.05) is 17.7 Å².